The van der Waals surface area contributed by atoms with Crippen molar-refractivity contribution in [3.8, 4) is 0 Å². The SMILES string of the molecule is COCCN(Cc1ccco1)C(=O)C1CC(c2ccc(Br)cc2)NN1. The third-order valence-corrected chi connectivity index (χ3v) is 4.81. The highest BCUT2D eigenvalue weighted by Crippen LogP contribution is 2.25. The molecule has 1 aliphatic rings. The summed E-state index contributed by atoms with van der Waals surface area (Å²) in [6.07, 6.45) is 2.31. The molecule has 2 aromatic rings. The molecule has 0 aliphatic carbocycles. The zero-order valence-electron chi connectivity index (χ0n) is 14.1. The van der Waals surface area contributed by atoms with Crippen LogP contribution in [0.15, 0.2) is 51.6 Å². The lowest BCUT2D eigenvalue weighted by Gasteiger charge is -2.24. The number of methoxy groups -OCH3 is 1. The van der Waals surface area contributed by atoms with Gasteiger partial charge < -0.3 is 14.1 Å². The molecule has 7 heteroatoms. The van der Waals surface area contributed by atoms with Crippen LogP contribution >= 0.6 is 15.9 Å². The number of nitrogens with one attached hydrogen (secondary N) is 2. The van der Waals surface area contributed by atoms with E-state index >= 15 is 0 Å². The minimum atomic E-state index is -0.277. The number of carbonyl (C=O) groups excluding carboxylic acids is 1. The second-order valence-electron chi connectivity index (χ2n) is 6.01. The van der Waals surface area contributed by atoms with Gasteiger partial charge in [-0.1, -0.05) is 28.1 Å². The average molecular weight is 408 g/mol. The molecule has 25 heavy (non-hydrogen) atoms. The third-order valence-electron chi connectivity index (χ3n) is 4.28. The Balaban J connectivity index is 1.64. The standard InChI is InChI=1S/C18H22BrN3O3/c1-24-10-8-22(12-15-3-2-9-25-15)18(23)17-11-16(20-21-17)13-4-6-14(19)7-5-13/h2-7,9,16-17,20-21H,8,10-12H2,1H3. The van der Waals surface area contributed by atoms with Crippen LogP contribution in [0, 0.1) is 0 Å². The highest BCUT2D eigenvalue weighted by atomic mass is 79.9. The van der Waals surface area contributed by atoms with Gasteiger partial charge in [0.25, 0.3) is 0 Å². The van der Waals surface area contributed by atoms with Gasteiger partial charge in [0.2, 0.25) is 5.91 Å². The molecule has 0 radical (unpaired) electrons. The van der Waals surface area contributed by atoms with Crippen LogP contribution in [0.4, 0.5) is 0 Å². The summed E-state index contributed by atoms with van der Waals surface area (Å²) >= 11 is 3.44. The Bertz CT molecular complexity index is 675. The van der Waals surface area contributed by atoms with Gasteiger partial charge in [0.05, 0.1) is 19.4 Å². The molecule has 1 aromatic carbocycles. The van der Waals surface area contributed by atoms with E-state index in [0.717, 1.165) is 15.8 Å². The Kier molecular flexibility index (Phi) is 6.25. The van der Waals surface area contributed by atoms with E-state index in [-0.39, 0.29) is 18.0 Å². The quantitative estimate of drug-likeness (QED) is 0.738. The summed E-state index contributed by atoms with van der Waals surface area (Å²) in [7, 11) is 1.63. The van der Waals surface area contributed by atoms with Gasteiger partial charge >= 0.3 is 0 Å². The molecule has 2 heterocycles. The van der Waals surface area contributed by atoms with Crippen molar-refractivity contribution in [2.24, 2.45) is 0 Å². The predicted octanol–water partition coefficient (Wildman–Crippen LogP) is 2.62. The lowest BCUT2D eigenvalue weighted by Crippen LogP contribution is -2.46. The Morgan fingerprint density at radius 1 is 1.32 bits per heavy atom. The molecule has 0 bridgehead atoms. The van der Waals surface area contributed by atoms with Gasteiger partial charge in [-0.3, -0.25) is 4.79 Å². The van der Waals surface area contributed by atoms with Crippen molar-refractivity contribution in [3.05, 3.63) is 58.5 Å². The normalized spacial score (nSPS) is 19.9. The zero-order chi connectivity index (χ0) is 17.6. The molecule has 134 valence electrons. The van der Waals surface area contributed by atoms with Crippen molar-refractivity contribution in [2.75, 3.05) is 20.3 Å². The number of halogens is 1. The van der Waals surface area contributed by atoms with Gasteiger partial charge in [-0.15, -0.1) is 0 Å². The Labute approximate surface area is 155 Å². The Morgan fingerprint density at radius 2 is 2.12 bits per heavy atom. The summed E-state index contributed by atoms with van der Waals surface area (Å²) in [6, 6.07) is 11.7. The maximum absolute atomic E-state index is 12.9. The first-order valence-electron chi connectivity index (χ1n) is 8.24. The molecule has 1 fully saturated rings. The van der Waals surface area contributed by atoms with E-state index in [1.807, 2.05) is 24.3 Å². The predicted molar refractivity (Wildman–Crippen MR) is 97.6 cm³/mol. The average Bonchev–Trinajstić information content (AvgIpc) is 3.30. The number of nitrogens with zero attached hydrogens (tertiary/aromatic N) is 1. The number of ether oxygens (including phenoxy) is 1. The number of rotatable bonds is 7. The van der Waals surface area contributed by atoms with Crippen LogP contribution in [0.25, 0.3) is 0 Å². The van der Waals surface area contributed by atoms with E-state index in [4.69, 9.17) is 9.15 Å². The lowest BCUT2D eigenvalue weighted by molar-refractivity contribution is -0.134. The maximum atomic E-state index is 12.9. The molecule has 2 atom stereocenters. The monoisotopic (exact) mass is 407 g/mol. The highest BCUT2D eigenvalue weighted by molar-refractivity contribution is 9.10. The number of benzene rings is 1. The molecule has 2 unspecified atom stereocenters. The fraction of sp³-hybridized carbons (Fsp3) is 0.389. The minimum Gasteiger partial charge on any atom is -0.467 e. The van der Waals surface area contributed by atoms with Crippen LogP contribution in [0.2, 0.25) is 0 Å². The second kappa shape index (κ2) is 8.62. The molecular formula is C18H22BrN3O3. The molecule has 1 aliphatic heterocycles. The number of furan rings is 1. The van der Waals surface area contributed by atoms with Crippen LogP contribution in [-0.4, -0.2) is 37.1 Å². The zero-order valence-corrected chi connectivity index (χ0v) is 15.7. The highest BCUT2D eigenvalue weighted by Gasteiger charge is 2.33. The van der Waals surface area contributed by atoms with E-state index in [9.17, 15) is 4.79 Å². The fourth-order valence-electron chi connectivity index (χ4n) is 2.91. The van der Waals surface area contributed by atoms with Crippen LogP contribution in [0.1, 0.15) is 23.8 Å². The fourth-order valence-corrected chi connectivity index (χ4v) is 3.18. The molecule has 1 aromatic heterocycles. The van der Waals surface area contributed by atoms with Crippen LogP contribution in [-0.2, 0) is 16.1 Å². The number of hydrazine groups is 1. The number of amides is 1. The first kappa shape index (κ1) is 18.1. The summed E-state index contributed by atoms with van der Waals surface area (Å²) < 4.78 is 11.6. The number of hydrogen-bond donors (Lipinski definition) is 2. The second-order valence-corrected chi connectivity index (χ2v) is 6.93. The molecule has 1 saturated heterocycles. The topological polar surface area (TPSA) is 66.7 Å². The molecule has 0 spiro atoms. The Hall–Kier alpha value is -1.67. The summed E-state index contributed by atoms with van der Waals surface area (Å²) in [4.78, 5) is 14.7. The van der Waals surface area contributed by atoms with Crippen LogP contribution in [0.5, 0.6) is 0 Å². The molecule has 3 rings (SSSR count). The van der Waals surface area contributed by atoms with Crippen LogP contribution < -0.4 is 10.9 Å². The van der Waals surface area contributed by atoms with Gasteiger partial charge in [-0.05, 0) is 36.2 Å². The maximum Gasteiger partial charge on any atom is 0.241 e. The first-order chi connectivity index (χ1) is 12.2. The van der Waals surface area contributed by atoms with E-state index in [0.29, 0.717) is 26.1 Å². The van der Waals surface area contributed by atoms with Gasteiger partial charge in [-0.2, -0.15) is 0 Å². The van der Waals surface area contributed by atoms with E-state index in [1.54, 1.807) is 18.3 Å². The van der Waals surface area contributed by atoms with Crippen molar-refractivity contribution in [1.29, 1.82) is 0 Å². The van der Waals surface area contributed by atoms with Crippen LogP contribution in [0.3, 0.4) is 0 Å². The van der Waals surface area contributed by atoms with E-state index < -0.39 is 0 Å². The van der Waals surface area contributed by atoms with Gasteiger partial charge in [-0.25, -0.2) is 10.9 Å². The van der Waals surface area contributed by atoms with Gasteiger partial charge in [0.1, 0.15) is 11.8 Å². The molecule has 6 nitrogen and oxygen atoms in total. The van der Waals surface area contributed by atoms with Crippen molar-refractivity contribution >= 4 is 21.8 Å². The largest absolute Gasteiger partial charge is 0.467 e. The first-order valence-corrected chi connectivity index (χ1v) is 9.03. The smallest absolute Gasteiger partial charge is 0.241 e. The minimum absolute atomic E-state index is 0.0422. The van der Waals surface area contributed by atoms with Crippen molar-refractivity contribution < 1.29 is 13.9 Å². The summed E-state index contributed by atoms with van der Waals surface area (Å²) in [6.45, 7) is 1.45. The summed E-state index contributed by atoms with van der Waals surface area (Å²) in [5, 5.41) is 0. The molecule has 1 amide bonds. The molecular weight excluding hydrogens is 386 g/mol. The third kappa shape index (κ3) is 4.70. The Morgan fingerprint density at radius 3 is 2.80 bits per heavy atom. The lowest BCUT2D eigenvalue weighted by atomic mass is 10.0. The van der Waals surface area contributed by atoms with Gasteiger partial charge in [0, 0.05) is 24.2 Å². The summed E-state index contributed by atoms with van der Waals surface area (Å²) in [5.41, 5.74) is 7.51. The number of carbonyl (C=O) groups is 1. The van der Waals surface area contributed by atoms with Crippen molar-refractivity contribution in [3.63, 3.8) is 0 Å². The number of hydrogen-bond acceptors (Lipinski definition) is 5. The summed E-state index contributed by atoms with van der Waals surface area (Å²) in [5.74, 6) is 0.806. The van der Waals surface area contributed by atoms with Gasteiger partial charge in [0.15, 0.2) is 0 Å². The molecule has 2 N–H and O–H groups in total. The van der Waals surface area contributed by atoms with E-state index in [1.165, 1.54) is 0 Å². The van der Waals surface area contributed by atoms with Crippen molar-refractivity contribution in [1.82, 2.24) is 15.8 Å². The van der Waals surface area contributed by atoms with Crippen molar-refractivity contribution in [2.45, 2.75) is 25.0 Å². The van der Waals surface area contributed by atoms with E-state index in [2.05, 4.69) is 38.9 Å². The molecule has 0 saturated carbocycles.